The minimum absolute atomic E-state index is 0.00109. The summed E-state index contributed by atoms with van der Waals surface area (Å²) < 4.78 is 19.1. The summed E-state index contributed by atoms with van der Waals surface area (Å²) in [5.41, 5.74) is 4.88. The maximum absolute atomic E-state index is 13.3. The molecule has 1 atom stereocenters. The van der Waals surface area contributed by atoms with Crippen molar-refractivity contribution in [2.24, 2.45) is 5.41 Å². The maximum atomic E-state index is 13.3. The van der Waals surface area contributed by atoms with Gasteiger partial charge in [0, 0.05) is 29.7 Å². The number of carbonyl (C=O) groups is 1. The molecule has 176 valence electrons. The number of aromatic nitrogens is 1. The van der Waals surface area contributed by atoms with E-state index in [0.717, 1.165) is 42.5 Å². The average Bonchev–Trinajstić information content (AvgIpc) is 3.37. The number of hydrogen-bond acceptors (Lipinski definition) is 5. The number of ether oxygens (including phenoxy) is 2. The lowest BCUT2D eigenvalue weighted by atomic mass is 9.73. The highest BCUT2D eigenvalue weighted by Crippen LogP contribution is 2.61. The minimum Gasteiger partial charge on any atom is -0.450 e. The van der Waals surface area contributed by atoms with Crippen molar-refractivity contribution < 1.29 is 18.7 Å². The summed E-state index contributed by atoms with van der Waals surface area (Å²) in [4.78, 5) is 18.5. The van der Waals surface area contributed by atoms with Gasteiger partial charge in [-0.05, 0) is 55.1 Å². The number of carbonyl (C=O) groups excluding carboxylic acids is 1. The second-order valence-corrected chi connectivity index (χ2v) is 17.3. The summed E-state index contributed by atoms with van der Waals surface area (Å²) in [6, 6.07) is 0. The first-order valence-corrected chi connectivity index (χ1v) is 15.4. The molecule has 2 fully saturated rings. The van der Waals surface area contributed by atoms with Gasteiger partial charge in [-0.1, -0.05) is 34.6 Å². The molecule has 3 heterocycles. The van der Waals surface area contributed by atoms with E-state index in [1.54, 1.807) is 0 Å². The van der Waals surface area contributed by atoms with Gasteiger partial charge in [-0.15, -0.1) is 0 Å². The third-order valence-electron chi connectivity index (χ3n) is 8.82. The second kappa shape index (κ2) is 7.13. The Morgan fingerprint density at radius 2 is 1.78 bits per heavy atom. The fraction of sp³-hybridized carbons (Fsp3) is 0.769. The maximum Gasteiger partial charge on any atom is 0.341 e. The number of rotatable bonds is 3. The Bertz CT molecular complexity index is 952. The predicted octanol–water partition coefficient (Wildman–Crippen LogP) is 6.17. The predicted molar refractivity (Wildman–Crippen MR) is 126 cm³/mol. The van der Waals surface area contributed by atoms with Crippen molar-refractivity contribution in [2.45, 2.75) is 109 Å². The molecule has 6 heteroatoms. The normalized spacial score (nSPS) is 25.8. The van der Waals surface area contributed by atoms with E-state index in [0.29, 0.717) is 18.6 Å². The largest absolute Gasteiger partial charge is 0.450 e. The van der Waals surface area contributed by atoms with Crippen molar-refractivity contribution in [3.05, 3.63) is 28.1 Å². The van der Waals surface area contributed by atoms with Crippen molar-refractivity contribution in [1.29, 1.82) is 0 Å². The molecule has 2 spiro atoms. The van der Waals surface area contributed by atoms with Gasteiger partial charge in [0.1, 0.15) is 5.60 Å². The van der Waals surface area contributed by atoms with Crippen LogP contribution in [0.5, 0.6) is 0 Å². The number of pyridine rings is 1. The molecule has 0 bridgehead atoms. The van der Waals surface area contributed by atoms with Crippen molar-refractivity contribution in [1.82, 2.24) is 4.98 Å². The Morgan fingerprint density at radius 3 is 2.34 bits per heavy atom. The third-order valence-corrected chi connectivity index (χ3v) is 13.3. The fourth-order valence-electron chi connectivity index (χ4n) is 5.69. The molecule has 5 rings (SSSR count). The molecule has 1 saturated heterocycles. The SMILES string of the molecule is CC(C)c1nc2c(c3c1C(=O)OC31CCOCC1)[C@@H](O[Si](C)(C)C(C)(C)C)CC1(CC1)C2. The van der Waals surface area contributed by atoms with Gasteiger partial charge in [-0.2, -0.15) is 0 Å². The molecule has 4 aliphatic rings. The van der Waals surface area contributed by atoms with E-state index in [1.165, 1.54) is 24.1 Å². The van der Waals surface area contributed by atoms with Crippen LogP contribution < -0.4 is 0 Å². The van der Waals surface area contributed by atoms with Gasteiger partial charge in [0.15, 0.2) is 8.32 Å². The molecular weight excluding hydrogens is 418 g/mol. The first-order valence-electron chi connectivity index (χ1n) is 12.4. The summed E-state index contributed by atoms with van der Waals surface area (Å²) >= 11 is 0. The minimum atomic E-state index is -2.02. The molecular formula is C26H39NO4Si. The van der Waals surface area contributed by atoms with Crippen LogP contribution in [0.25, 0.3) is 0 Å². The fourth-order valence-corrected chi connectivity index (χ4v) is 6.96. The highest BCUT2D eigenvalue weighted by atomic mass is 28.4. The molecule has 5 nitrogen and oxygen atoms in total. The molecule has 0 aromatic carbocycles. The number of esters is 1. The molecule has 1 saturated carbocycles. The van der Waals surface area contributed by atoms with Crippen LogP contribution in [0.4, 0.5) is 0 Å². The van der Waals surface area contributed by atoms with E-state index < -0.39 is 13.9 Å². The number of fused-ring (bicyclic) bond motifs is 4. The summed E-state index contributed by atoms with van der Waals surface area (Å²) in [6.07, 6.45) is 6.01. The number of nitrogens with zero attached hydrogens (tertiary/aromatic N) is 1. The van der Waals surface area contributed by atoms with E-state index in [-0.39, 0.29) is 23.0 Å². The van der Waals surface area contributed by atoms with Crippen molar-refractivity contribution in [3.63, 3.8) is 0 Å². The Labute approximate surface area is 193 Å². The monoisotopic (exact) mass is 457 g/mol. The van der Waals surface area contributed by atoms with Crippen LogP contribution in [-0.4, -0.2) is 32.5 Å². The topological polar surface area (TPSA) is 57.7 Å². The van der Waals surface area contributed by atoms with Crippen LogP contribution in [0, 0.1) is 5.41 Å². The summed E-state index contributed by atoms with van der Waals surface area (Å²) in [5.74, 6) is -0.0212. The highest BCUT2D eigenvalue weighted by molar-refractivity contribution is 6.74. The van der Waals surface area contributed by atoms with Gasteiger partial charge in [0.25, 0.3) is 0 Å². The van der Waals surface area contributed by atoms with E-state index in [9.17, 15) is 4.79 Å². The van der Waals surface area contributed by atoms with Crippen LogP contribution in [0.2, 0.25) is 18.1 Å². The van der Waals surface area contributed by atoms with Crippen LogP contribution in [0.3, 0.4) is 0 Å². The van der Waals surface area contributed by atoms with Gasteiger partial charge < -0.3 is 13.9 Å². The van der Waals surface area contributed by atoms with E-state index in [1.807, 2.05) is 0 Å². The smallest absolute Gasteiger partial charge is 0.341 e. The van der Waals surface area contributed by atoms with Crippen LogP contribution in [0.15, 0.2) is 0 Å². The Kier molecular flexibility index (Phi) is 5.02. The summed E-state index contributed by atoms with van der Waals surface area (Å²) in [7, 11) is -2.02. The van der Waals surface area contributed by atoms with Crippen molar-refractivity contribution >= 4 is 14.3 Å². The Balaban J connectivity index is 1.73. The molecule has 1 aromatic rings. The van der Waals surface area contributed by atoms with Gasteiger partial charge in [-0.3, -0.25) is 4.98 Å². The third kappa shape index (κ3) is 3.40. The second-order valence-electron chi connectivity index (χ2n) is 12.5. The molecule has 0 unspecified atom stereocenters. The molecule has 2 aliphatic carbocycles. The number of hydrogen-bond donors (Lipinski definition) is 0. The quantitative estimate of drug-likeness (QED) is 0.401. The van der Waals surface area contributed by atoms with Gasteiger partial charge in [0.2, 0.25) is 0 Å². The van der Waals surface area contributed by atoms with E-state index in [2.05, 4.69) is 47.7 Å². The zero-order valence-electron chi connectivity index (χ0n) is 20.9. The van der Waals surface area contributed by atoms with Crippen LogP contribution >= 0.6 is 0 Å². The first-order chi connectivity index (χ1) is 14.9. The van der Waals surface area contributed by atoms with Crippen LogP contribution in [-0.2, 0) is 25.9 Å². The lowest BCUT2D eigenvalue weighted by Gasteiger charge is -2.44. The standard InChI is InChI=1S/C26H39NO4Si/c1-16(2)22-20-21(26(30-23(20)28)10-12-29-13-11-26)19-17(27-22)14-25(8-9-25)15-18(19)31-32(6,7)24(3,4)5/h16,18H,8-15H2,1-7H3/t18-/m0/s1. The molecule has 0 N–H and O–H groups in total. The molecule has 32 heavy (non-hydrogen) atoms. The lowest BCUT2D eigenvalue weighted by Crippen LogP contribution is -2.44. The first kappa shape index (κ1) is 22.5. The van der Waals surface area contributed by atoms with E-state index in [4.69, 9.17) is 18.9 Å². The molecule has 1 aromatic heterocycles. The average molecular weight is 458 g/mol. The molecule has 0 amide bonds. The van der Waals surface area contributed by atoms with Crippen molar-refractivity contribution in [3.8, 4) is 0 Å². The molecule has 2 aliphatic heterocycles. The Morgan fingerprint density at radius 1 is 1.12 bits per heavy atom. The van der Waals surface area contributed by atoms with Gasteiger partial charge >= 0.3 is 5.97 Å². The zero-order valence-corrected chi connectivity index (χ0v) is 21.9. The summed E-state index contributed by atoms with van der Waals surface area (Å²) in [6.45, 7) is 17.1. The van der Waals surface area contributed by atoms with Crippen molar-refractivity contribution in [2.75, 3.05) is 13.2 Å². The molecule has 0 radical (unpaired) electrons. The van der Waals surface area contributed by atoms with Gasteiger partial charge in [-0.25, -0.2) is 4.79 Å². The van der Waals surface area contributed by atoms with E-state index >= 15 is 0 Å². The lowest BCUT2D eigenvalue weighted by molar-refractivity contribution is -0.0747. The Hall–Kier alpha value is -1.24. The highest BCUT2D eigenvalue weighted by Gasteiger charge is 2.56. The summed E-state index contributed by atoms with van der Waals surface area (Å²) in [5, 5.41) is 0.123. The van der Waals surface area contributed by atoms with Gasteiger partial charge in [0.05, 0.1) is 30.6 Å². The van der Waals surface area contributed by atoms with Crippen LogP contribution in [0.1, 0.15) is 112 Å². The zero-order chi connectivity index (χ0) is 23.1.